The fourth-order valence-corrected chi connectivity index (χ4v) is 2.41. The van der Waals surface area contributed by atoms with Crippen LogP contribution in [0.25, 0.3) is 0 Å². The van der Waals surface area contributed by atoms with Gasteiger partial charge >= 0.3 is 0 Å². The lowest BCUT2D eigenvalue weighted by molar-refractivity contribution is -0.132. The number of hydrogen-bond donors (Lipinski definition) is 1. The Balaban J connectivity index is 2.72. The Morgan fingerprint density at radius 2 is 2.17 bits per heavy atom. The van der Waals surface area contributed by atoms with Gasteiger partial charge in [0.05, 0.1) is 17.1 Å². The highest BCUT2D eigenvalue weighted by Crippen LogP contribution is 2.15. The molecule has 0 aromatic carbocycles. The average Bonchev–Trinajstić information content (AvgIpc) is 2.56. The Morgan fingerprint density at radius 1 is 1.56 bits per heavy atom. The summed E-state index contributed by atoms with van der Waals surface area (Å²) >= 11 is 1.74. The van der Waals surface area contributed by atoms with Crippen LogP contribution in [0.1, 0.15) is 18.3 Å². The molecule has 1 amide bonds. The first-order valence-corrected chi connectivity index (χ1v) is 7.32. The van der Waals surface area contributed by atoms with Crippen molar-refractivity contribution in [3.63, 3.8) is 0 Å². The molecule has 1 aromatic rings. The maximum atomic E-state index is 12.1. The summed E-state index contributed by atoms with van der Waals surface area (Å²) in [7, 11) is 1.83. The van der Waals surface area contributed by atoms with E-state index in [2.05, 4.69) is 5.10 Å². The van der Waals surface area contributed by atoms with Crippen LogP contribution in [0.5, 0.6) is 0 Å². The quantitative estimate of drug-likeness (QED) is 0.875. The van der Waals surface area contributed by atoms with Crippen LogP contribution in [0.4, 0.5) is 5.69 Å². The fraction of sp³-hybridized carbons (Fsp3) is 0.667. The van der Waals surface area contributed by atoms with E-state index in [9.17, 15) is 4.79 Å². The van der Waals surface area contributed by atoms with Crippen molar-refractivity contribution >= 4 is 23.4 Å². The zero-order chi connectivity index (χ0) is 13.9. The van der Waals surface area contributed by atoms with Gasteiger partial charge in [0, 0.05) is 18.8 Å². The van der Waals surface area contributed by atoms with Crippen LogP contribution in [-0.2, 0) is 11.3 Å². The molecule has 5 nitrogen and oxygen atoms in total. The minimum Gasteiger partial charge on any atom is -0.396 e. The molecule has 1 heterocycles. The molecule has 0 bridgehead atoms. The van der Waals surface area contributed by atoms with E-state index in [0.717, 1.165) is 17.1 Å². The predicted octanol–water partition coefficient (Wildman–Crippen LogP) is 1.29. The second-order valence-electron chi connectivity index (χ2n) is 4.55. The van der Waals surface area contributed by atoms with Crippen molar-refractivity contribution < 1.29 is 4.79 Å². The second-order valence-corrected chi connectivity index (χ2v) is 5.46. The number of amides is 1. The topological polar surface area (TPSA) is 64.2 Å². The third-order valence-electron chi connectivity index (χ3n) is 3.18. The minimum atomic E-state index is 0.0575. The van der Waals surface area contributed by atoms with Gasteiger partial charge in [-0.15, -0.1) is 0 Å². The number of carbonyl (C=O) groups excluding carboxylic acids is 1. The van der Waals surface area contributed by atoms with Gasteiger partial charge in [-0.05, 0) is 27.0 Å². The van der Waals surface area contributed by atoms with E-state index in [1.165, 1.54) is 0 Å². The van der Waals surface area contributed by atoms with Gasteiger partial charge in [-0.1, -0.05) is 0 Å². The number of thioether (sulfide) groups is 1. The first-order valence-electron chi connectivity index (χ1n) is 5.92. The molecule has 2 N–H and O–H groups in total. The molecule has 6 heteroatoms. The number of likely N-dealkylation sites (N-methyl/N-ethyl adjacent to an activating group) is 1. The number of nitrogen functional groups attached to an aromatic ring is 1. The Morgan fingerprint density at radius 3 is 2.61 bits per heavy atom. The largest absolute Gasteiger partial charge is 0.396 e. The van der Waals surface area contributed by atoms with E-state index in [1.807, 2.05) is 34.1 Å². The Kier molecular flexibility index (Phi) is 5.07. The third kappa shape index (κ3) is 3.19. The van der Waals surface area contributed by atoms with E-state index in [-0.39, 0.29) is 18.5 Å². The van der Waals surface area contributed by atoms with Crippen molar-refractivity contribution in [1.82, 2.24) is 14.7 Å². The number of nitrogens with zero attached hydrogens (tertiary/aromatic N) is 3. The Bertz CT molecular complexity index is 430. The molecule has 0 aliphatic carbocycles. The summed E-state index contributed by atoms with van der Waals surface area (Å²) in [5, 5.41) is 4.28. The molecule has 0 saturated carbocycles. The Hall–Kier alpha value is -1.17. The van der Waals surface area contributed by atoms with Crippen molar-refractivity contribution in [3.8, 4) is 0 Å². The summed E-state index contributed by atoms with van der Waals surface area (Å²) in [6.07, 6.45) is 2.04. The maximum absolute atomic E-state index is 12.1. The summed E-state index contributed by atoms with van der Waals surface area (Å²) in [4.78, 5) is 13.9. The van der Waals surface area contributed by atoms with Gasteiger partial charge in [0.1, 0.15) is 6.54 Å². The third-order valence-corrected chi connectivity index (χ3v) is 4.00. The molecule has 0 spiro atoms. The number of nitrogens with two attached hydrogens (primary N) is 1. The first kappa shape index (κ1) is 14.9. The van der Waals surface area contributed by atoms with E-state index < -0.39 is 0 Å². The molecule has 0 aliphatic rings. The molecular formula is C12H22N4OS. The van der Waals surface area contributed by atoms with Crippen LogP contribution in [-0.4, -0.2) is 45.7 Å². The zero-order valence-corrected chi connectivity index (χ0v) is 12.5. The number of rotatable bonds is 5. The molecule has 0 aliphatic heterocycles. The lowest BCUT2D eigenvalue weighted by Crippen LogP contribution is -2.39. The van der Waals surface area contributed by atoms with Crippen molar-refractivity contribution in [2.75, 3.05) is 24.8 Å². The molecule has 1 atom stereocenters. The highest BCUT2D eigenvalue weighted by atomic mass is 32.2. The molecule has 1 aromatic heterocycles. The molecule has 102 valence electrons. The van der Waals surface area contributed by atoms with E-state index in [4.69, 9.17) is 5.73 Å². The number of anilines is 1. The second kappa shape index (κ2) is 6.13. The van der Waals surface area contributed by atoms with E-state index in [0.29, 0.717) is 5.69 Å². The van der Waals surface area contributed by atoms with Crippen molar-refractivity contribution in [1.29, 1.82) is 0 Å². The minimum absolute atomic E-state index is 0.0575. The number of aryl methyl sites for hydroxylation is 1. The van der Waals surface area contributed by atoms with Crippen LogP contribution in [0.15, 0.2) is 0 Å². The summed E-state index contributed by atoms with van der Waals surface area (Å²) in [6.45, 7) is 6.03. The predicted molar refractivity (Wildman–Crippen MR) is 76.7 cm³/mol. The SMILES string of the molecule is CSCC(C)N(C)C(=O)Cn1nc(C)c(N)c1C. The molecule has 0 radical (unpaired) electrons. The van der Waals surface area contributed by atoms with Gasteiger partial charge < -0.3 is 10.6 Å². The van der Waals surface area contributed by atoms with Crippen molar-refractivity contribution in [2.45, 2.75) is 33.4 Å². The lowest BCUT2D eigenvalue weighted by atomic mass is 10.3. The lowest BCUT2D eigenvalue weighted by Gasteiger charge is -2.24. The molecular weight excluding hydrogens is 248 g/mol. The molecule has 1 unspecified atom stereocenters. The summed E-state index contributed by atoms with van der Waals surface area (Å²) in [6, 6.07) is 0.224. The number of aromatic nitrogens is 2. The van der Waals surface area contributed by atoms with Crippen LogP contribution in [0.3, 0.4) is 0 Å². The standard InChI is InChI=1S/C12H22N4OS/c1-8(7-18-5)15(4)11(17)6-16-10(3)12(13)9(2)14-16/h8H,6-7,13H2,1-5H3. The smallest absolute Gasteiger partial charge is 0.244 e. The number of carbonyl (C=O) groups is 1. The fourth-order valence-electron chi connectivity index (χ4n) is 1.70. The van der Waals surface area contributed by atoms with Gasteiger partial charge in [0.25, 0.3) is 0 Å². The summed E-state index contributed by atoms with van der Waals surface area (Å²) < 4.78 is 1.68. The van der Waals surface area contributed by atoms with Crippen LogP contribution in [0, 0.1) is 13.8 Å². The van der Waals surface area contributed by atoms with Gasteiger partial charge in [-0.3, -0.25) is 9.48 Å². The number of hydrogen-bond acceptors (Lipinski definition) is 4. The van der Waals surface area contributed by atoms with Crippen LogP contribution >= 0.6 is 11.8 Å². The summed E-state index contributed by atoms with van der Waals surface area (Å²) in [5.74, 6) is 0.990. The molecule has 18 heavy (non-hydrogen) atoms. The van der Waals surface area contributed by atoms with Crippen molar-refractivity contribution in [2.24, 2.45) is 0 Å². The zero-order valence-electron chi connectivity index (χ0n) is 11.7. The highest BCUT2D eigenvalue weighted by Gasteiger charge is 2.18. The first-order chi connectivity index (χ1) is 8.38. The normalized spacial score (nSPS) is 12.5. The van der Waals surface area contributed by atoms with E-state index in [1.54, 1.807) is 21.3 Å². The average molecular weight is 270 g/mol. The van der Waals surface area contributed by atoms with E-state index >= 15 is 0 Å². The van der Waals surface area contributed by atoms with Gasteiger partial charge in [0.15, 0.2) is 0 Å². The molecule has 1 rings (SSSR count). The highest BCUT2D eigenvalue weighted by molar-refractivity contribution is 7.98. The molecule has 0 saturated heterocycles. The summed E-state index contributed by atoms with van der Waals surface area (Å²) in [5.41, 5.74) is 8.15. The molecule has 0 fully saturated rings. The monoisotopic (exact) mass is 270 g/mol. The maximum Gasteiger partial charge on any atom is 0.244 e. The Labute approximate surface area is 113 Å². The van der Waals surface area contributed by atoms with Crippen LogP contribution < -0.4 is 5.73 Å². The van der Waals surface area contributed by atoms with Crippen LogP contribution in [0.2, 0.25) is 0 Å². The van der Waals surface area contributed by atoms with Gasteiger partial charge in [0.2, 0.25) is 5.91 Å². The van der Waals surface area contributed by atoms with Gasteiger partial charge in [-0.2, -0.15) is 16.9 Å². The van der Waals surface area contributed by atoms with Gasteiger partial charge in [-0.25, -0.2) is 0 Å². The van der Waals surface area contributed by atoms with Crippen molar-refractivity contribution in [3.05, 3.63) is 11.4 Å².